The number of carbonyl (C=O) groups is 2. The molecule has 6 atom stereocenters. The topological polar surface area (TPSA) is 201 Å². The van der Waals surface area contributed by atoms with Crippen LogP contribution in [0.1, 0.15) is 83.2 Å². The summed E-state index contributed by atoms with van der Waals surface area (Å²) in [5.41, 5.74) is 7.95. The number of halogens is 2. The van der Waals surface area contributed by atoms with Crippen LogP contribution in [-0.4, -0.2) is 105 Å². The molecule has 3 aromatic heterocycles. The molecule has 21 heteroatoms. The Labute approximate surface area is 428 Å². The van der Waals surface area contributed by atoms with Crippen molar-refractivity contribution in [2.75, 3.05) is 61.1 Å². The first kappa shape index (κ1) is 53.1. The number of hydrogen-bond acceptors (Lipinski definition) is 14. The molecule has 0 aliphatic carbocycles. The van der Waals surface area contributed by atoms with E-state index in [0.29, 0.717) is 36.3 Å². The maximum atomic E-state index is 15.6. The van der Waals surface area contributed by atoms with Gasteiger partial charge in [0.25, 0.3) is 6.33 Å². The molecular weight excluding hydrogens is 957 g/mol. The SMILES string of the molecule is CCCC[C@H](N)C(=O)OCc1cccnc1N(C)C(=O)OC(C)[n+]1cnn(C[C@]2(c3ccc(F)cc3F)C[C@H](COc3ccc(N4CCN(c5ccc(-n6cnn([C@@H](CC)[C@H](C)O)c6=O)cc5)CC4)cc3)CO2)c1. The third kappa shape index (κ3) is 12.2. The molecule has 3 aromatic carbocycles. The van der Waals surface area contributed by atoms with Crippen molar-refractivity contribution in [3.8, 4) is 11.4 Å². The number of aliphatic hydroxyl groups excluding tert-OH is 1. The zero-order valence-electron chi connectivity index (χ0n) is 42.5. The van der Waals surface area contributed by atoms with Gasteiger partial charge < -0.3 is 39.6 Å². The predicted molar refractivity (Wildman–Crippen MR) is 271 cm³/mol. The first-order valence-corrected chi connectivity index (χ1v) is 25.2. The van der Waals surface area contributed by atoms with Gasteiger partial charge in [0.2, 0.25) is 12.6 Å². The fourth-order valence-corrected chi connectivity index (χ4v) is 9.55. The van der Waals surface area contributed by atoms with E-state index in [0.717, 1.165) is 56.5 Å². The highest BCUT2D eigenvalue weighted by Crippen LogP contribution is 2.42. The molecule has 0 bridgehead atoms. The number of nitrogens with zero attached hydrogens (tertiary/aromatic N) is 10. The second-order valence-corrected chi connectivity index (χ2v) is 19.0. The lowest BCUT2D eigenvalue weighted by molar-refractivity contribution is -0.753. The molecular formula is C53H66F2N11O8+. The number of benzene rings is 3. The molecule has 74 heavy (non-hydrogen) atoms. The molecule has 3 N–H and O–H groups in total. The number of amides is 1. The fraction of sp³-hybridized carbons (Fsp3) is 0.453. The molecule has 8 rings (SSSR count). The van der Waals surface area contributed by atoms with Crippen molar-refractivity contribution < 1.29 is 47.0 Å². The van der Waals surface area contributed by atoms with Gasteiger partial charge in [-0.1, -0.05) is 38.8 Å². The normalized spacial score (nSPS) is 18.4. The highest BCUT2D eigenvalue weighted by molar-refractivity contribution is 5.86. The standard InChI is InChI=1S/C53H66F2N11O8/c1-6-8-11-47(56)50(68)72-31-39-10-9-22-57-49(39)60(5)52(70)74-37(4)63-33-58-64(35-63)32-53(45-21-12-40(54)27-46(45)55)28-38(30-73-53)29-71-44-19-17-42(18-20-44)62-25-23-61(24-26-62)41-13-15-43(16-14-41)65-34-59-66(51(65)69)48(7-2)36(3)67/h9-10,12-22,27,33-38,47-48,67H,6-8,11,23-26,28-32,56H2,1-5H3/q+1/t36-,37?,38+,47-,48-,53-/m0/s1. The first-order chi connectivity index (χ1) is 35.7. The molecule has 19 nitrogen and oxygen atoms in total. The van der Waals surface area contributed by atoms with Crippen molar-refractivity contribution in [2.45, 2.75) is 103 Å². The van der Waals surface area contributed by atoms with Gasteiger partial charge in [-0.2, -0.15) is 9.67 Å². The summed E-state index contributed by atoms with van der Waals surface area (Å²) in [5, 5.41) is 18.9. The number of esters is 1. The molecule has 5 heterocycles. The number of unbranched alkanes of at least 4 members (excludes halogenated alkanes) is 1. The van der Waals surface area contributed by atoms with E-state index >= 15 is 4.39 Å². The maximum Gasteiger partial charge on any atom is 0.418 e. The quantitative estimate of drug-likeness (QED) is 0.0609. The lowest BCUT2D eigenvalue weighted by Gasteiger charge is -2.37. The van der Waals surface area contributed by atoms with Crippen LogP contribution in [-0.2, 0) is 37.8 Å². The van der Waals surface area contributed by atoms with E-state index < -0.39 is 53.7 Å². The van der Waals surface area contributed by atoms with Crippen LogP contribution in [0.4, 0.5) is 30.8 Å². The predicted octanol–water partition coefficient (Wildman–Crippen LogP) is 6.21. The monoisotopic (exact) mass is 1020 g/mol. The Bertz CT molecular complexity index is 2890. The van der Waals surface area contributed by atoms with E-state index in [4.69, 9.17) is 24.7 Å². The second-order valence-electron chi connectivity index (χ2n) is 19.0. The highest BCUT2D eigenvalue weighted by Gasteiger charge is 2.46. The summed E-state index contributed by atoms with van der Waals surface area (Å²) in [6, 6.07) is 21.5. The van der Waals surface area contributed by atoms with Gasteiger partial charge in [-0.25, -0.2) is 32.6 Å². The van der Waals surface area contributed by atoms with Gasteiger partial charge in [0.05, 0.1) is 31.0 Å². The van der Waals surface area contributed by atoms with Crippen molar-refractivity contribution in [1.82, 2.24) is 29.1 Å². The minimum Gasteiger partial charge on any atom is -0.493 e. The molecule has 1 amide bonds. The van der Waals surface area contributed by atoms with Gasteiger partial charge >= 0.3 is 17.8 Å². The summed E-state index contributed by atoms with van der Waals surface area (Å²) in [4.78, 5) is 49.2. The van der Waals surface area contributed by atoms with Gasteiger partial charge in [0, 0.05) is 85.9 Å². The van der Waals surface area contributed by atoms with E-state index in [1.807, 2.05) is 62.4 Å². The molecule has 1 unspecified atom stereocenters. The number of aromatic nitrogens is 7. The minimum absolute atomic E-state index is 0.0594. The number of pyridine rings is 1. The Kier molecular flexibility index (Phi) is 17.0. The zero-order valence-corrected chi connectivity index (χ0v) is 42.5. The molecule has 0 radical (unpaired) electrons. The number of piperazine rings is 1. The average molecular weight is 1020 g/mol. The average Bonchev–Trinajstić information content (AvgIpc) is 4.16. The Morgan fingerprint density at radius 3 is 2.32 bits per heavy atom. The summed E-state index contributed by atoms with van der Waals surface area (Å²) in [5.74, 6) is -1.23. The third-order valence-corrected chi connectivity index (χ3v) is 13.8. The van der Waals surface area contributed by atoms with E-state index in [1.54, 1.807) is 41.6 Å². The lowest BCUT2D eigenvalue weighted by Crippen LogP contribution is -2.46. The van der Waals surface area contributed by atoms with Crippen LogP contribution in [0, 0.1) is 17.6 Å². The smallest absolute Gasteiger partial charge is 0.418 e. The zero-order chi connectivity index (χ0) is 52.5. The van der Waals surface area contributed by atoms with E-state index in [-0.39, 0.29) is 49.4 Å². The number of carbonyl (C=O) groups excluding carboxylic acids is 2. The van der Waals surface area contributed by atoms with Crippen LogP contribution in [0.15, 0.2) is 109 Å². The van der Waals surface area contributed by atoms with Crippen LogP contribution in [0.25, 0.3) is 5.69 Å². The van der Waals surface area contributed by atoms with Crippen LogP contribution in [0.5, 0.6) is 5.75 Å². The van der Waals surface area contributed by atoms with E-state index in [2.05, 4.69) is 25.0 Å². The van der Waals surface area contributed by atoms with Gasteiger partial charge in [0.15, 0.2) is 0 Å². The first-order valence-electron chi connectivity index (χ1n) is 25.2. The summed E-state index contributed by atoms with van der Waals surface area (Å²) in [6.07, 6.45) is 6.96. The maximum absolute atomic E-state index is 15.6. The Hall–Kier alpha value is -7.23. The van der Waals surface area contributed by atoms with Crippen LogP contribution in [0.2, 0.25) is 0 Å². The minimum atomic E-state index is -1.23. The number of ether oxygens (including phenoxy) is 4. The third-order valence-electron chi connectivity index (χ3n) is 13.8. The molecule has 0 saturated carbocycles. The fourth-order valence-electron chi connectivity index (χ4n) is 9.55. The van der Waals surface area contributed by atoms with Crippen LogP contribution in [0.3, 0.4) is 0 Å². The Balaban J connectivity index is 0.844. The number of nitrogens with two attached hydrogens (primary N) is 1. The van der Waals surface area contributed by atoms with Gasteiger partial charge in [-0.15, -0.1) is 4.68 Å². The summed E-state index contributed by atoms with van der Waals surface area (Å²) in [6.45, 7) is 10.9. The molecule has 2 aliphatic heterocycles. The van der Waals surface area contributed by atoms with Crippen molar-refractivity contribution in [2.24, 2.45) is 11.7 Å². The second kappa shape index (κ2) is 23.8. The molecule has 2 saturated heterocycles. The number of hydrogen-bond donors (Lipinski definition) is 2. The Morgan fingerprint density at radius 2 is 1.66 bits per heavy atom. The van der Waals surface area contributed by atoms with Gasteiger partial charge in [-0.3, -0.25) is 9.69 Å². The van der Waals surface area contributed by atoms with E-state index in [9.17, 15) is 23.9 Å². The molecule has 2 fully saturated rings. The molecule has 0 spiro atoms. The van der Waals surface area contributed by atoms with Crippen LogP contribution >= 0.6 is 0 Å². The number of anilines is 3. The Morgan fingerprint density at radius 1 is 0.973 bits per heavy atom. The highest BCUT2D eigenvalue weighted by atomic mass is 19.1. The van der Waals surface area contributed by atoms with Crippen molar-refractivity contribution >= 4 is 29.3 Å². The number of rotatable bonds is 21. The van der Waals surface area contributed by atoms with Gasteiger partial charge in [0.1, 0.15) is 54.3 Å². The lowest BCUT2D eigenvalue weighted by atomic mass is 9.87. The van der Waals surface area contributed by atoms with Crippen molar-refractivity contribution in [1.29, 1.82) is 0 Å². The molecule has 394 valence electrons. The van der Waals surface area contributed by atoms with Crippen molar-refractivity contribution in [3.05, 3.63) is 137 Å². The largest absolute Gasteiger partial charge is 0.493 e. The van der Waals surface area contributed by atoms with Crippen LogP contribution < -0.4 is 35.4 Å². The number of aliphatic hydroxyl groups is 1. The summed E-state index contributed by atoms with van der Waals surface area (Å²) in [7, 11) is 1.50. The van der Waals surface area contributed by atoms with E-state index in [1.165, 1.54) is 52.2 Å². The molecule has 2 aliphatic rings. The van der Waals surface area contributed by atoms with Crippen molar-refractivity contribution in [3.63, 3.8) is 0 Å². The van der Waals surface area contributed by atoms with Gasteiger partial charge in [-0.05, 0) is 86.8 Å². The summed E-state index contributed by atoms with van der Waals surface area (Å²) < 4.78 is 59.8. The summed E-state index contributed by atoms with van der Waals surface area (Å²) >= 11 is 0. The molecule has 6 aromatic rings.